The second kappa shape index (κ2) is 7.32. The van der Waals surface area contributed by atoms with Gasteiger partial charge in [0.2, 0.25) is 5.91 Å². The molecule has 0 N–H and O–H groups in total. The van der Waals surface area contributed by atoms with Crippen molar-refractivity contribution >= 4 is 11.8 Å². The second-order valence-electron chi connectivity index (χ2n) is 7.90. The average molecular weight is 367 g/mol. The second-order valence-corrected chi connectivity index (χ2v) is 7.90. The molecular weight excluding hydrogens is 342 g/mol. The van der Waals surface area contributed by atoms with E-state index in [0.717, 1.165) is 12.8 Å². The fraction of sp³-hybridized carbons (Fsp3) is 0.571. The lowest BCUT2D eigenvalue weighted by atomic mass is 9.86. The highest BCUT2D eigenvalue weighted by atomic mass is 16.5. The third-order valence-corrected chi connectivity index (χ3v) is 6.20. The van der Waals surface area contributed by atoms with E-state index in [1.54, 1.807) is 4.90 Å². The summed E-state index contributed by atoms with van der Waals surface area (Å²) < 4.78 is 5.98. The Labute approximate surface area is 159 Å². The van der Waals surface area contributed by atoms with E-state index in [1.165, 1.54) is 0 Å². The summed E-state index contributed by atoms with van der Waals surface area (Å²) in [4.78, 5) is 29.5. The van der Waals surface area contributed by atoms with Gasteiger partial charge in [0.1, 0.15) is 5.41 Å². The van der Waals surface area contributed by atoms with Gasteiger partial charge >= 0.3 is 0 Å². The summed E-state index contributed by atoms with van der Waals surface area (Å²) in [5.74, 6) is 0.0651. The van der Waals surface area contributed by atoms with Gasteiger partial charge in [-0.05, 0) is 25.0 Å². The third kappa shape index (κ3) is 3.32. The molecular formula is C21H25N3O3. The van der Waals surface area contributed by atoms with E-state index < -0.39 is 5.41 Å². The van der Waals surface area contributed by atoms with Gasteiger partial charge in [0.25, 0.3) is 5.91 Å². The van der Waals surface area contributed by atoms with Crippen molar-refractivity contribution in [3.63, 3.8) is 0 Å². The molecule has 2 atom stereocenters. The average Bonchev–Trinajstić information content (AvgIpc) is 3.31. The molecule has 1 saturated carbocycles. The van der Waals surface area contributed by atoms with Gasteiger partial charge in [0.05, 0.1) is 18.8 Å². The lowest BCUT2D eigenvalue weighted by molar-refractivity contribution is -0.138. The summed E-state index contributed by atoms with van der Waals surface area (Å²) in [7, 11) is 0. The molecule has 1 aromatic rings. The largest absolute Gasteiger partial charge is 0.374 e. The Morgan fingerprint density at radius 1 is 1.07 bits per heavy atom. The fourth-order valence-electron chi connectivity index (χ4n) is 4.66. The molecule has 142 valence electrons. The van der Waals surface area contributed by atoms with E-state index in [0.29, 0.717) is 51.2 Å². The van der Waals surface area contributed by atoms with Crippen LogP contribution in [0.4, 0.5) is 0 Å². The Bertz CT molecular complexity index is 752. The van der Waals surface area contributed by atoms with Crippen molar-refractivity contribution < 1.29 is 14.3 Å². The Morgan fingerprint density at radius 2 is 1.78 bits per heavy atom. The van der Waals surface area contributed by atoms with Gasteiger partial charge < -0.3 is 14.5 Å². The van der Waals surface area contributed by atoms with Crippen LogP contribution in [0.5, 0.6) is 0 Å². The molecule has 1 aliphatic carbocycles. The number of benzene rings is 1. The molecule has 0 aromatic heterocycles. The topological polar surface area (TPSA) is 73.6 Å². The van der Waals surface area contributed by atoms with Crippen molar-refractivity contribution in [1.29, 1.82) is 5.26 Å². The van der Waals surface area contributed by atoms with E-state index in [-0.39, 0.29) is 23.8 Å². The quantitative estimate of drug-likeness (QED) is 0.802. The van der Waals surface area contributed by atoms with Gasteiger partial charge in [-0.15, -0.1) is 0 Å². The Morgan fingerprint density at radius 3 is 2.48 bits per heavy atom. The van der Waals surface area contributed by atoms with Crippen LogP contribution in [0.25, 0.3) is 0 Å². The van der Waals surface area contributed by atoms with Crippen LogP contribution in [0.2, 0.25) is 0 Å². The number of carbonyl (C=O) groups is 2. The zero-order valence-corrected chi connectivity index (χ0v) is 15.5. The number of nitriles is 1. The van der Waals surface area contributed by atoms with E-state index in [1.807, 2.05) is 35.2 Å². The summed E-state index contributed by atoms with van der Waals surface area (Å²) in [5.41, 5.74) is -0.167. The minimum atomic E-state index is -0.844. The molecule has 2 amide bonds. The van der Waals surface area contributed by atoms with Crippen LogP contribution >= 0.6 is 0 Å². The molecule has 3 fully saturated rings. The van der Waals surface area contributed by atoms with E-state index in [2.05, 4.69) is 6.07 Å². The van der Waals surface area contributed by atoms with E-state index >= 15 is 0 Å². The van der Waals surface area contributed by atoms with E-state index in [4.69, 9.17) is 4.74 Å². The smallest absolute Gasteiger partial charge is 0.253 e. The summed E-state index contributed by atoms with van der Waals surface area (Å²) in [6.45, 7) is 2.72. The Kier molecular flexibility index (Phi) is 4.88. The van der Waals surface area contributed by atoms with Gasteiger partial charge in [-0.25, -0.2) is 0 Å². The zero-order valence-electron chi connectivity index (χ0n) is 15.5. The maximum absolute atomic E-state index is 13.0. The maximum Gasteiger partial charge on any atom is 0.253 e. The molecule has 2 saturated heterocycles. The van der Waals surface area contributed by atoms with Crippen LogP contribution in [-0.2, 0) is 9.53 Å². The van der Waals surface area contributed by atoms with Crippen molar-refractivity contribution in [1.82, 2.24) is 9.80 Å². The molecule has 2 heterocycles. The van der Waals surface area contributed by atoms with Crippen molar-refractivity contribution in [2.45, 2.75) is 31.8 Å². The van der Waals surface area contributed by atoms with Gasteiger partial charge in [0.15, 0.2) is 0 Å². The lowest BCUT2D eigenvalue weighted by Gasteiger charge is -2.27. The standard InChI is InChI=1S/C21H25N3O3/c22-15-21(8-4-5-9-21)20(26)24-13-17-12-23(10-11-27-18(17)14-24)19(25)16-6-2-1-3-7-16/h1-3,6-7,17-18H,4-5,8-14H2/t17-,18+/m0/s1. The van der Waals surface area contributed by atoms with Crippen LogP contribution in [-0.4, -0.2) is 60.5 Å². The number of ether oxygens (including phenoxy) is 1. The molecule has 1 aromatic carbocycles. The minimum absolute atomic E-state index is 0.00825. The van der Waals surface area contributed by atoms with Crippen molar-refractivity contribution in [2.75, 3.05) is 32.8 Å². The minimum Gasteiger partial charge on any atom is -0.374 e. The first kappa shape index (κ1) is 18.0. The van der Waals surface area contributed by atoms with Crippen LogP contribution in [0.15, 0.2) is 30.3 Å². The number of fused-ring (bicyclic) bond motifs is 1. The number of amides is 2. The molecule has 3 aliphatic rings. The predicted octanol–water partition coefficient (Wildman–Crippen LogP) is 2.07. The molecule has 6 nitrogen and oxygen atoms in total. The highest BCUT2D eigenvalue weighted by Crippen LogP contribution is 2.40. The summed E-state index contributed by atoms with van der Waals surface area (Å²) in [6, 6.07) is 11.6. The van der Waals surface area contributed by atoms with Crippen molar-refractivity contribution in [3.05, 3.63) is 35.9 Å². The SMILES string of the molecule is N#CC1(C(=O)N2C[C@@H]3CN(C(=O)c4ccccc4)CCO[C@@H]3C2)CCCC1. The predicted molar refractivity (Wildman–Crippen MR) is 98.7 cm³/mol. The first-order valence-electron chi connectivity index (χ1n) is 9.79. The number of hydrogen-bond donors (Lipinski definition) is 0. The van der Waals surface area contributed by atoms with Gasteiger partial charge in [-0.3, -0.25) is 9.59 Å². The van der Waals surface area contributed by atoms with Gasteiger partial charge in [0, 0.05) is 37.7 Å². The molecule has 0 bridgehead atoms. The summed E-state index contributed by atoms with van der Waals surface area (Å²) in [5, 5.41) is 9.61. The van der Waals surface area contributed by atoms with E-state index in [9.17, 15) is 14.9 Å². The number of likely N-dealkylation sites (tertiary alicyclic amines) is 1. The van der Waals surface area contributed by atoms with Crippen molar-refractivity contribution in [3.8, 4) is 6.07 Å². The first-order chi connectivity index (χ1) is 13.1. The van der Waals surface area contributed by atoms with Crippen LogP contribution in [0, 0.1) is 22.7 Å². The van der Waals surface area contributed by atoms with Crippen LogP contribution in [0.1, 0.15) is 36.0 Å². The molecule has 0 radical (unpaired) electrons. The molecule has 6 heteroatoms. The monoisotopic (exact) mass is 367 g/mol. The normalized spacial score (nSPS) is 26.9. The maximum atomic E-state index is 13.0. The highest BCUT2D eigenvalue weighted by molar-refractivity contribution is 5.94. The third-order valence-electron chi connectivity index (χ3n) is 6.20. The molecule has 27 heavy (non-hydrogen) atoms. The van der Waals surface area contributed by atoms with Crippen LogP contribution in [0.3, 0.4) is 0 Å². The fourth-order valence-corrected chi connectivity index (χ4v) is 4.66. The Hall–Kier alpha value is -2.39. The summed E-state index contributed by atoms with van der Waals surface area (Å²) in [6.07, 6.45) is 3.15. The highest BCUT2D eigenvalue weighted by Gasteiger charge is 2.48. The van der Waals surface area contributed by atoms with Gasteiger partial charge in [-0.1, -0.05) is 31.0 Å². The number of hydrogen-bond acceptors (Lipinski definition) is 4. The van der Waals surface area contributed by atoms with Crippen LogP contribution < -0.4 is 0 Å². The number of nitrogens with zero attached hydrogens (tertiary/aromatic N) is 3. The molecule has 0 spiro atoms. The number of carbonyl (C=O) groups excluding carboxylic acids is 2. The molecule has 0 unspecified atom stereocenters. The molecule has 2 aliphatic heterocycles. The number of rotatable bonds is 2. The zero-order chi connectivity index (χ0) is 18.9. The van der Waals surface area contributed by atoms with Gasteiger partial charge in [-0.2, -0.15) is 5.26 Å². The molecule has 4 rings (SSSR count). The Balaban J connectivity index is 1.46. The lowest BCUT2D eigenvalue weighted by Crippen LogP contribution is -2.42. The summed E-state index contributed by atoms with van der Waals surface area (Å²) >= 11 is 0. The van der Waals surface area contributed by atoms with Crippen molar-refractivity contribution in [2.24, 2.45) is 11.3 Å². The first-order valence-corrected chi connectivity index (χ1v) is 9.79.